The first kappa shape index (κ1) is 25.4. The van der Waals surface area contributed by atoms with Crippen LogP contribution in [-0.4, -0.2) is 16.8 Å². The van der Waals surface area contributed by atoms with Gasteiger partial charge in [-0.1, -0.05) is 152 Å². The lowest BCUT2D eigenvalue weighted by Gasteiger charge is -2.38. The predicted molar refractivity (Wildman–Crippen MR) is 157 cm³/mol. The minimum Gasteiger partial charge on any atom is -0.294 e. The molecule has 1 atom stereocenters. The van der Waals surface area contributed by atoms with Gasteiger partial charge in [-0.2, -0.15) is 0 Å². The minimum absolute atomic E-state index is 0.0459. The van der Waals surface area contributed by atoms with Gasteiger partial charge in [0.1, 0.15) is 0 Å². The lowest BCUT2D eigenvalue weighted by atomic mass is 9.84. The smallest absolute Gasteiger partial charge is 0.176 e. The van der Waals surface area contributed by atoms with Crippen molar-refractivity contribution in [3.05, 3.63) is 179 Å². The number of rotatable bonds is 10. The Bertz CT molecular complexity index is 1370. The minimum atomic E-state index is -0.712. The summed E-state index contributed by atoms with van der Waals surface area (Å²) in [5.41, 5.74) is 4.39. The van der Waals surface area contributed by atoms with Crippen LogP contribution in [0.25, 0.3) is 0 Å². The van der Waals surface area contributed by atoms with Gasteiger partial charge in [0, 0.05) is 17.5 Å². The van der Waals surface area contributed by atoms with Crippen molar-refractivity contribution in [2.75, 3.05) is 0 Å². The lowest BCUT2D eigenvalue weighted by molar-refractivity contribution is 0.0923. The molecule has 0 aliphatic carbocycles. The molecular weight excluding hydrogens is 484 g/mol. The summed E-state index contributed by atoms with van der Waals surface area (Å²) in [4.78, 5) is 27.6. The lowest BCUT2D eigenvalue weighted by Crippen LogP contribution is -2.33. The third-order valence-electron chi connectivity index (χ3n) is 6.68. The molecule has 0 saturated carbocycles. The van der Waals surface area contributed by atoms with Gasteiger partial charge in [-0.25, -0.2) is 0 Å². The maximum atomic E-state index is 14.1. The Morgan fingerprint density at radius 1 is 0.500 bits per heavy atom. The Kier molecular flexibility index (Phi) is 7.96. The topological polar surface area (TPSA) is 34.1 Å². The van der Waals surface area contributed by atoms with Gasteiger partial charge in [0.25, 0.3) is 0 Å². The molecule has 0 bridgehead atoms. The third-order valence-corrected chi connectivity index (χ3v) is 8.40. The van der Waals surface area contributed by atoms with Gasteiger partial charge in [0.05, 0.1) is 10.00 Å². The summed E-state index contributed by atoms with van der Waals surface area (Å²) in [7, 11) is 0. The monoisotopic (exact) mass is 512 g/mol. The molecule has 0 unspecified atom stereocenters. The Labute approximate surface area is 228 Å². The van der Waals surface area contributed by atoms with E-state index in [4.69, 9.17) is 0 Å². The van der Waals surface area contributed by atoms with E-state index in [1.165, 1.54) is 0 Å². The fourth-order valence-corrected chi connectivity index (χ4v) is 6.54. The van der Waals surface area contributed by atoms with Crippen molar-refractivity contribution in [1.29, 1.82) is 0 Å². The van der Waals surface area contributed by atoms with E-state index in [9.17, 15) is 9.59 Å². The summed E-state index contributed by atoms with van der Waals surface area (Å²) < 4.78 is -0.712. The molecule has 0 aromatic heterocycles. The highest BCUT2D eigenvalue weighted by molar-refractivity contribution is 8.02. The van der Waals surface area contributed by atoms with E-state index in [0.717, 1.165) is 16.7 Å². The van der Waals surface area contributed by atoms with Crippen LogP contribution in [-0.2, 0) is 4.75 Å². The predicted octanol–water partition coefficient (Wildman–Crippen LogP) is 8.24. The van der Waals surface area contributed by atoms with Crippen LogP contribution in [0.5, 0.6) is 0 Å². The largest absolute Gasteiger partial charge is 0.294 e. The average Bonchev–Trinajstić information content (AvgIpc) is 3.01. The van der Waals surface area contributed by atoms with E-state index < -0.39 is 10.00 Å². The zero-order valence-electron chi connectivity index (χ0n) is 20.9. The van der Waals surface area contributed by atoms with Crippen LogP contribution in [0.1, 0.15) is 43.8 Å². The Morgan fingerprint density at radius 2 is 0.842 bits per heavy atom. The molecule has 2 nitrogen and oxygen atoms in total. The molecule has 0 spiro atoms. The third kappa shape index (κ3) is 5.39. The van der Waals surface area contributed by atoms with E-state index in [1.807, 2.05) is 115 Å². The second-order valence-corrected chi connectivity index (χ2v) is 10.5. The summed E-state index contributed by atoms with van der Waals surface area (Å²) in [6, 6.07) is 49.3. The number of carbonyl (C=O) groups excluding carboxylic acids is 2. The molecule has 5 aromatic carbocycles. The first-order valence-corrected chi connectivity index (χ1v) is 13.6. The molecular formula is C35H28O2S. The van der Waals surface area contributed by atoms with E-state index in [2.05, 4.69) is 36.4 Å². The normalized spacial score (nSPS) is 12.0. The summed E-state index contributed by atoms with van der Waals surface area (Å²) in [6.07, 6.45) is 0.0939. The number of thioether (sulfide) groups is 1. The SMILES string of the molecule is O=C(C[C@H](SC(c1ccccc1)(c1ccccc1)c1ccccc1)C(=O)c1ccccc1)c1ccccc1. The Morgan fingerprint density at radius 3 is 1.24 bits per heavy atom. The highest BCUT2D eigenvalue weighted by Crippen LogP contribution is 2.51. The van der Waals surface area contributed by atoms with Gasteiger partial charge in [-0.05, 0) is 16.7 Å². The summed E-state index contributed by atoms with van der Waals surface area (Å²) in [6.45, 7) is 0. The highest BCUT2D eigenvalue weighted by atomic mass is 32.2. The van der Waals surface area contributed by atoms with Crippen molar-refractivity contribution in [3.8, 4) is 0 Å². The molecule has 0 aliphatic rings. The molecule has 5 aromatic rings. The van der Waals surface area contributed by atoms with Crippen molar-refractivity contribution in [2.24, 2.45) is 0 Å². The van der Waals surface area contributed by atoms with E-state index in [1.54, 1.807) is 11.8 Å². The second kappa shape index (κ2) is 11.9. The first-order chi connectivity index (χ1) is 18.7. The molecule has 0 amide bonds. The number of benzene rings is 5. The number of hydrogen-bond acceptors (Lipinski definition) is 3. The van der Waals surface area contributed by atoms with Gasteiger partial charge < -0.3 is 0 Å². The van der Waals surface area contributed by atoms with Gasteiger partial charge in [0.15, 0.2) is 11.6 Å². The highest BCUT2D eigenvalue weighted by Gasteiger charge is 2.42. The number of carbonyl (C=O) groups is 2. The molecule has 3 heteroatoms. The molecule has 0 aliphatic heterocycles. The van der Waals surface area contributed by atoms with Crippen molar-refractivity contribution >= 4 is 23.3 Å². The van der Waals surface area contributed by atoms with Crippen LogP contribution in [0.15, 0.2) is 152 Å². The maximum Gasteiger partial charge on any atom is 0.176 e. The van der Waals surface area contributed by atoms with Gasteiger partial charge in [-0.15, -0.1) is 11.8 Å². The van der Waals surface area contributed by atoms with Crippen molar-refractivity contribution in [2.45, 2.75) is 16.4 Å². The van der Waals surface area contributed by atoms with Gasteiger partial charge in [-0.3, -0.25) is 9.59 Å². The average molecular weight is 513 g/mol. The summed E-state index contributed by atoms with van der Waals surface area (Å²) in [5.74, 6) is -0.0949. The fraction of sp³-hybridized carbons (Fsp3) is 0.0857. The number of Topliss-reactive ketones (excluding diaryl/α,β-unsaturated/α-hetero) is 2. The molecule has 0 heterocycles. The van der Waals surface area contributed by atoms with Crippen LogP contribution < -0.4 is 0 Å². The molecule has 186 valence electrons. The first-order valence-electron chi connectivity index (χ1n) is 12.7. The Hall–Kier alpha value is -4.21. The van der Waals surface area contributed by atoms with E-state index in [-0.39, 0.29) is 18.0 Å². The van der Waals surface area contributed by atoms with Crippen LogP contribution in [0, 0.1) is 0 Å². The van der Waals surface area contributed by atoms with Crippen molar-refractivity contribution in [3.63, 3.8) is 0 Å². The summed E-state index contributed by atoms with van der Waals surface area (Å²) >= 11 is 1.55. The van der Waals surface area contributed by atoms with Crippen LogP contribution >= 0.6 is 11.8 Å². The second-order valence-electron chi connectivity index (χ2n) is 9.11. The standard InChI is InChI=1S/C35H28O2S/c36-32(27-16-6-1-7-17-27)26-33(34(37)28-18-8-2-9-19-28)38-35(29-20-10-3-11-21-29,30-22-12-4-13-23-30)31-24-14-5-15-25-31/h1-25,33H,26H2/t33-/m0/s1. The zero-order valence-corrected chi connectivity index (χ0v) is 21.8. The van der Waals surface area contributed by atoms with Crippen molar-refractivity contribution in [1.82, 2.24) is 0 Å². The van der Waals surface area contributed by atoms with E-state index in [0.29, 0.717) is 11.1 Å². The summed E-state index contributed by atoms with van der Waals surface area (Å²) in [5, 5.41) is -0.620. The maximum absolute atomic E-state index is 14.1. The molecule has 5 rings (SSSR count). The quantitative estimate of drug-likeness (QED) is 0.140. The van der Waals surface area contributed by atoms with Crippen LogP contribution in [0.3, 0.4) is 0 Å². The zero-order chi connectivity index (χ0) is 26.2. The number of ketones is 2. The molecule has 0 N–H and O–H groups in total. The number of hydrogen-bond donors (Lipinski definition) is 0. The molecule has 38 heavy (non-hydrogen) atoms. The van der Waals surface area contributed by atoms with Crippen molar-refractivity contribution < 1.29 is 9.59 Å². The molecule has 0 saturated heterocycles. The van der Waals surface area contributed by atoms with E-state index >= 15 is 0 Å². The van der Waals surface area contributed by atoms with Crippen LogP contribution in [0.2, 0.25) is 0 Å². The van der Waals surface area contributed by atoms with Gasteiger partial charge >= 0.3 is 0 Å². The molecule has 0 fully saturated rings. The fourth-order valence-electron chi connectivity index (χ4n) is 4.82. The molecule has 0 radical (unpaired) electrons. The Balaban J connectivity index is 1.68. The van der Waals surface area contributed by atoms with Gasteiger partial charge in [0.2, 0.25) is 0 Å². The van der Waals surface area contributed by atoms with Crippen LogP contribution in [0.4, 0.5) is 0 Å².